The fraction of sp³-hybridized carbons (Fsp3) is 0.824. The monoisotopic (exact) mass is 275 g/mol. The minimum absolute atomic E-state index is 0.780. The molecule has 1 N–H and O–H groups in total. The molecule has 3 heteroatoms. The van der Waals surface area contributed by atoms with Crippen molar-refractivity contribution in [3.05, 3.63) is 17.0 Å². The third kappa shape index (κ3) is 3.08. The SMILES string of the molecule is CCc1nn(CC2CCCC2)c(CC)c1CNC1CC1. The average molecular weight is 275 g/mol. The van der Waals surface area contributed by atoms with Crippen molar-refractivity contribution >= 4 is 0 Å². The van der Waals surface area contributed by atoms with Gasteiger partial charge < -0.3 is 5.32 Å². The molecule has 0 aliphatic heterocycles. The zero-order valence-corrected chi connectivity index (χ0v) is 13.1. The van der Waals surface area contributed by atoms with Crippen molar-refractivity contribution in [3.8, 4) is 0 Å². The Labute approximate surface area is 123 Å². The highest BCUT2D eigenvalue weighted by atomic mass is 15.3. The van der Waals surface area contributed by atoms with Gasteiger partial charge in [0.15, 0.2) is 0 Å². The van der Waals surface area contributed by atoms with Gasteiger partial charge in [-0.05, 0) is 44.4 Å². The van der Waals surface area contributed by atoms with Gasteiger partial charge in [0.1, 0.15) is 0 Å². The zero-order valence-electron chi connectivity index (χ0n) is 13.1. The largest absolute Gasteiger partial charge is 0.310 e. The summed E-state index contributed by atoms with van der Waals surface area (Å²) in [6.45, 7) is 6.70. The van der Waals surface area contributed by atoms with E-state index in [1.165, 1.54) is 55.5 Å². The van der Waals surface area contributed by atoms with E-state index in [4.69, 9.17) is 5.10 Å². The molecule has 20 heavy (non-hydrogen) atoms. The van der Waals surface area contributed by atoms with Crippen molar-refractivity contribution in [2.75, 3.05) is 0 Å². The van der Waals surface area contributed by atoms with Gasteiger partial charge in [-0.1, -0.05) is 26.7 Å². The number of nitrogens with one attached hydrogen (secondary N) is 1. The summed E-state index contributed by atoms with van der Waals surface area (Å²) in [5.41, 5.74) is 4.31. The molecular weight excluding hydrogens is 246 g/mol. The number of hydrogen-bond acceptors (Lipinski definition) is 2. The van der Waals surface area contributed by atoms with Crippen molar-refractivity contribution in [2.45, 2.75) is 84.3 Å². The van der Waals surface area contributed by atoms with E-state index in [9.17, 15) is 0 Å². The van der Waals surface area contributed by atoms with Crippen molar-refractivity contribution in [1.29, 1.82) is 0 Å². The number of aromatic nitrogens is 2. The summed E-state index contributed by atoms with van der Waals surface area (Å²) in [5.74, 6) is 0.870. The fourth-order valence-electron chi connectivity index (χ4n) is 3.60. The molecule has 2 aliphatic rings. The molecule has 112 valence electrons. The van der Waals surface area contributed by atoms with Crippen molar-refractivity contribution < 1.29 is 0 Å². The molecule has 0 spiro atoms. The summed E-state index contributed by atoms with van der Waals surface area (Å²) in [6.07, 6.45) is 10.5. The lowest BCUT2D eigenvalue weighted by atomic mass is 10.1. The molecule has 3 rings (SSSR count). The summed E-state index contributed by atoms with van der Waals surface area (Å²) in [5, 5.41) is 8.61. The zero-order chi connectivity index (χ0) is 13.9. The second kappa shape index (κ2) is 6.30. The van der Waals surface area contributed by atoms with E-state index in [2.05, 4.69) is 23.8 Å². The maximum absolute atomic E-state index is 4.94. The second-order valence-electron chi connectivity index (χ2n) is 6.57. The molecule has 0 atom stereocenters. The van der Waals surface area contributed by atoms with Gasteiger partial charge in [0, 0.05) is 30.4 Å². The summed E-state index contributed by atoms with van der Waals surface area (Å²) in [7, 11) is 0. The maximum atomic E-state index is 4.94. The van der Waals surface area contributed by atoms with Crippen LogP contribution < -0.4 is 5.32 Å². The summed E-state index contributed by atoms with van der Waals surface area (Å²) < 4.78 is 2.35. The Kier molecular flexibility index (Phi) is 4.45. The van der Waals surface area contributed by atoms with Crippen LogP contribution in [0.1, 0.15) is 69.3 Å². The predicted molar refractivity (Wildman–Crippen MR) is 82.8 cm³/mol. The Morgan fingerprint density at radius 1 is 1.10 bits per heavy atom. The van der Waals surface area contributed by atoms with Crippen LogP contribution in [0.25, 0.3) is 0 Å². The van der Waals surface area contributed by atoms with Gasteiger partial charge in [0.05, 0.1) is 5.69 Å². The minimum atomic E-state index is 0.780. The van der Waals surface area contributed by atoms with E-state index in [-0.39, 0.29) is 0 Å². The molecule has 0 radical (unpaired) electrons. The number of hydrogen-bond donors (Lipinski definition) is 1. The van der Waals surface area contributed by atoms with Gasteiger partial charge in [-0.2, -0.15) is 5.10 Å². The molecule has 2 fully saturated rings. The van der Waals surface area contributed by atoms with E-state index in [0.717, 1.165) is 37.9 Å². The normalized spacial score (nSPS) is 19.9. The predicted octanol–water partition coefficient (Wildman–Crippen LogP) is 3.45. The van der Waals surface area contributed by atoms with Crippen LogP contribution in [0.5, 0.6) is 0 Å². The van der Waals surface area contributed by atoms with Gasteiger partial charge >= 0.3 is 0 Å². The molecule has 0 bridgehead atoms. The molecule has 0 amide bonds. The van der Waals surface area contributed by atoms with E-state index in [1.807, 2.05) is 0 Å². The van der Waals surface area contributed by atoms with Gasteiger partial charge in [-0.25, -0.2) is 0 Å². The smallest absolute Gasteiger partial charge is 0.0669 e. The topological polar surface area (TPSA) is 29.9 Å². The quantitative estimate of drug-likeness (QED) is 0.826. The standard InChI is InChI=1S/C17H29N3/c1-3-16-15(11-18-14-9-10-14)17(4-2)20(19-16)12-13-7-5-6-8-13/h13-14,18H,3-12H2,1-2H3. The van der Waals surface area contributed by atoms with Crippen molar-refractivity contribution in [2.24, 2.45) is 5.92 Å². The lowest BCUT2D eigenvalue weighted by Crippen LogP contribution is -2.18. The van der Waals surface area contributed by atoms with E-state index >= 15 is 0 Å². The van der Waals surface area contributed by atoms with E-state index in [1.54, 1.807) is 0 Å². The Balaban J connectivity index is 1.76. The third-order valence-electron chi connectivity index (χ3n) is 4.97. The van der Waals surface area contributed by atoms with Crippen LogP contribution in [-0.4, -0.2) is 15.8 Å². The first-order valence-electron chi connectivity index (χ1n) is 8.62. The Morgan fingerprint density at radius 2 is 1.85 bits per heavy atom. The van der Waals surface area contributed by atoms with Gasteiger partial charge in [0.25, 0.3) is 0 Å². The molecule has 2 aliphatic carbocycles. The first-order valence-corrected chi connectivity index (χ1v) is 8.62. The first kappa shape index (κ1) is 14.1. The van der Waals surface area contributed by atoms with Crippen LogP contribution in [0, 0.1) is 5.92 Å². The molecule has 1 aromatic heterocycles. The molecule has 2 saturated carbocycles. The van der Waals surface area contributed by atoms with Crippen LogP contribution in [0.2, 0.25) is 0 Å². The van der Waals surface area contributed by atoms with Crippen LogP contribution >= 0.6 is 0 Å². The highest BCUT2D eigenvalue weighted by Crippen LogP contribution is 2.28. The van der Waals surface area contributed by atoms with Crippen LogP contribution in [0.15, 0.2) is 0 Å². The van der Waals surface area contributed by atoms with Gasteiger partial charge in [-0.15, -0.1) is 0 Å². The number of nitrogens with zero attached hydrogens (tertiary/aromatic N) is 2. The average Bonchev–Trinajstić information content (AvgIpc) is 3.03. The summed E-state index contributed by atoms with van der Waals surface area (Å²) >= 11 is 0. The van der Waals surface area contributed by atoms with E-state index < -0.39 is 0 Å². The Hall–Kier alpha value is -0.830. The Morgan fingerprint density at radius 3 is 2.45 bits per heavy atom. The highest BCUT2D eigenvalue weighted by molar-refractivity contribution is 5.27. The molecule has 1 heterocycles. The van der Waals surface area contributed by atoms with Crippen molar-refractivity contribution in [1.82, 2.24) is 15.1 Å². The molecule has 0 saturated heterocycles. The molecule has 3 nitrogen and oxygen atoms in total. The summed E-state index contributed by atoms with van der Waals surface area (Å²) in [6, 6.07) is 0.780. The minimum Gasteiger partial charge on any atom is -0.310 e. The molecule has 0 aromatic carbocycles. The second-order valence-corrected chi connectivity index (χ2v) is 6.57. The van der Waals surface area contributed by atoms with Gasteiger partial charge in [-0.3, -0.25) is 4.68 Å². The van der Waals surface area contributed by atoms with Crippen molar-refractivity contribution in [3.63, 3.8) is 0 Å². The lowest BCUT2D eigenvalue weighted by Gasteiger charge is -2.12. The van der Waals surface area contributed by atoms with Crippen LogP contribution in [-0.2, 0) is 25.9 Å². The highest BCUT2D eigenvalue weighted by Gasteiger charge is 2.24. The van der Waals surface area contributed by atoms with E-state index in [0.29, 0.717) is 0 Å². The maximum Gasteiger partial charge on any atom is 0.0669 e. The van der Waals surface area contributed by atoms with Crippen LogP contribution in [0.3, 0.4) is 0 Å². The number of rotatable bonds is 7. The molecular formula is C17H29N3. The Bertz CT molecular complexity index is 439. The van der Waals surface area contributed by atoms with Crippen LogP contribution in [0.4, 0.5) is 0 Å². The third-order valence-corrected chi connectivity index (χ3v) is 4.97. The molecule has 0 unspecified atom stereocenters. The summed E-state index contributed by atoms with van der Waals surface area (Å²) in [4.78, 5) is 0. The lowest BCUT2D eigenvalue weighted by molar-refractivity contribution is 0.417. The fourth-order valence-corrected chi connectivity index (χ4v) is 3.60. The number of aryl methyl sites for hydroxylation is 1. The van der Waals surface area contributed by atoms with Gasteiger partial charge in [0.2, 0.25) is 0 Å². The first-order chi connectivity index (χ1) is 9.81. The molecule has 1 aromatic rings.